The Kier molecular flexibility index (Phi) is 6.86. The number of rotatable bonds is 5. The van der Waals surface area contributed by atoms with Gasteiger partial charge in [0.2, 0.25) is 0 Å². The first kappa shape index (κ1) is 19.6. The fourth-order valence-corrected chi connectivity index (χ4v) is 2.36. The monoisotopic (exact) mass is 372 g/mol. The summed E-state index contributed by atoms with van der Waals surface area (Å²) in [5, 5.41) is 11.7. The third-order valence-corrected chi connectivity index (χ3v) is 4.05. The van der Waals surface area contributed by atoms with Gasteiger partial charge in [0.05, 0.1) is 24.2 Å². The third kappa shape index (κ3) is 5.39. The molecule has 2 rings (SSSR count). The molecule has 0 saturated carbocycles. The van der Waals surface area contributed by atoms with Crippen molar-refractivity contribution in [3.63, 3.8) is 0 Å². The number of hydrogen-bond donors (Lipinski definition) is 1. The van der Waals surface area contributed by atoms with E-state index in [1.54, 1.807) is 6.07 Å². The Bertz CT molecular complexity index is 862. The van der Waals surface area contributed by atoms with Crippen LogP contribution >= 0.6 is 11.6 Å². The summed E-state index contributed by atoms with van der Waals surface area (Å²) in [5.41, 5.74) is 4.82. The number of amides is 1. The summed E-state index contributed by atoms with van der Waals surface area (Å²) in [4.78, 5) is 15.7. The van der Waals surface area contributed by atoms with Crippen molar-refractivity contribution in [2.24, 2.45) is 10.2 Å². The molecule has 0 saturated heterocycles. The number of aryl methyl sites for hydroxylation is 1. The molecule has 7 heteroatoms. The minimum absolute atomic E-state index is 0.266. The molecule has 1 amide bonds. The Labute approximate surface area is 158 Å². The maximum Gasteiger partial charge on any atom is 0.407 e. The molecule has 0 atom stereocenters. The Morgan fingerprint density at radius 3 is 2.62 bits per heavy atom. The molecule has 26 heavy (non-hydrogen) atoms. The highest BCUT2D eigenvalue weighted by Gasteiger charge is 2.07. The molecule has 1 heterocycles. The van der Waals surface area contributed by atoms with Crippen LogP contribution in [0.15, 0.2) is 46.6 Å². The van der Waals surface area contributed by atoms with E-state index in [9.17, 15) is 4.79 Å². The van der Waals surface area contributed by atoms with Crippen molar-refractivity contribution in [3.8, 4) is 0 Å². The van der Waals surface area contributed by atoms with Gasteiger partial charge in [0, 0.05) is 17.3 Å². The van der Waals surface area contributed by atoms with Crippen LogP contribution in [-0.4, -0.2) is 29.6 Å². The van der Waals surface area contributed by atoms with Crippen LogP contribution in [0.3, 0.4) is 0 Å². The molecule has 136 valence electrons. The molecule has 0 unspecified atom stereocenters. The van der Waals surface area contributed by atoms with Gasteiger partial charge in [-0.05, 0) is 56.2 Å². The Hall–Kier alpha value is -2.73. The first-order chi connectivity index (χ1) is 12.4. The van der Waals surface area contributed by atoms with Crippen LogP contribution in [0.25, 0.3) is 0 Å². The van der Waals surface area contributed by atoms with Gasteiger partial charge in [0.15, 0.2) is 0 Å². The van der Waals surface area contributed by atoms with Crippen molar-refractivity contribution in [2.75, 3.05) is 7.11 Å². The highest BCUT2D eigenvalue weighted by atomic mass is 35.5. The van der Waals surface area contributed by atoms with Gasteiger partial charge in [-0.15, -0.1) is 0 Å². The summed E-state index contributed by atoms with van der Waals surface area (Å²) >= 11 is 6.18. The second kappa shape index (κ2) is 9.10. The van der Waals surface area contributed by atoms with Gasteiger partial charge < -0.3 is 10.1 Å². The highest BCUT2D eigenvalue weighted by Crippen LogP contribution is 2.18. The van der Waals surface area contributed by atoms with Crippen LogP contribution in [0.2, 0.25) is 5.02 Å². The van der Waals surface area contributed by atoms with Crippen LogP contribution < -0.4 is 5.32 Å². The zero-order valence-electron chi connectivity index (χ0n) is 15.2. The van der Waals surface area contributed by atoms with Crippen LogP contribution in [0.5, 0.6) is 0 Å². The highest BCUT2D eigenvalue weighted by molar-refractivity contribution is 6.31. The number of nitrogens with one attached hydrogen (secondary N) is 1. The lowest BCUT2D eigenvalue weighted by Crippen LogP contribution is -2.22. The molecule has 0 aliphatic carbocycles. The zero-order valence-corrected chi connectivity index (χ0v) is 16.0. The van der Waals surface area contributed by atoms with Crippen LogP contribution in [0.4, 0.5) is 4.79 Å². The minimum Gasteiger partial charge on any atom is -0.453 e. The molecular weight excluding hydrogens is 352 g/mol. The fourth-order valence-electron chi connectivity index (χ4n) is 2.18. The number of pyridine rings is 1. The van der Waals surface area contributed by atoms with Gasteiger partial charge in [-0.25, -0.2) is 4.79 Å². The Morgan fingerprint density at radius 2 is 1.92 bits per heavy atom. The van der Waals surface area contributed by atoms with Gasteiger partial charge in [0.1, 0.15) is 0 Å². The zero-order chi connectivity index (χ0) is 19.1. The summed E-state index contributed by atoms with van der Waals surface area (Å²) in [6.45, 7) is 5.93. The predicted octanol–water partition coefficient (Wildman–Crippen LogP) is 4.13. The van der Waals surface area contributed by atoms with E-state index in [1.165, 1.54) is 7.11 Å². The van der Waals surface area contributed by atoms with Crippen LogP contribution in [0, 0.1) is 6.92 Å². The molecule has 1 aromatic carbocycles. The molecule has 0 bridgehead atoms. The Balaban J connectivity index is 2.20. The maximum absolute atomic E-state index is 11.2. The van der Waals surface area contributed by atoms with E-state index in [4.69, 9.17) is 11.6 Å². The lowest BCUT2D eigenvalue weighted by atomic mass is 10.1. The maximum atomic E-state index is 11.2. The molecule has 1 aromatic heterocycles. The first-order valence-corrected chi connectivity index (χ1v) is 8.42. The predicted molar refractivity (Wildman–Crippen MR) is 104 cm³/mol. The topological polar surface area (TPSA) is 75.9 Å². The number of carbonyl (C=O) groups excluding carboxylic acids is 1. The van der Waals surface area contributed by atoms with E-state index in [0.717, 1.165) is 33.9 Å². The first-order valence-electron chi connectivity index (χ1n) is 8.04. The lowest BCUT2D eigenvalue weighted by Gasteiger charge is -2.08. The van der Waals surface area contributed by atoms with Crippen molar-refractivity contribution in [1.82, 2.24) is 10.3 Å². The van der Waals surface area contributed by atoms with Gasteiger partial charge in [-0.3, -0.25) is 4.98 Å². The molecule has 0 fully saturated rings. The van der Waals surface area contributed by atoms with Crippen molar-refractivity contribution in [1.29, 1.82) is 0 Å². The number of nitrogens with zero attached hydrogens (tertiary/aromatic N) is 3. The van der Waals surface area contributed by atoms with Crippen LogP contribution in [0.1, 0.15) is 36.4 Å². The van der Waals surface area contributed by atoms with E-state index in [2.05, 4.69) is 25.2 Å². The van der Waals surface area contributed by atoms with Gasteiger partial charge in [-0.2, -0.15) is 10.2 Å². The molecule has 0 radical (unpaired) electrons. The largest absolute Gasteiger partial charge is 0.453 e. The third-order valence-electron chi connectivity index (χ3n) is 3.68. The van der Waals surface area contributed by atoms with Crippen molar-refractivity contribution >= 4 is 29.1 Å². The number of alkyl carbamates (subject to hydrolysis) is 1. The summed E-state index contributed by atoms with van der Waals surface area (Å²) in [6, 6.07) is 11.3. The molecule has 2 aromatic rings. The number of methoxy groups -OCH3 is 1. The van der Waals surface area contributed by atoms with E-state index in [-0.39, 0.29) is 6.54 Å². The number of benzene rings is 1. The molecule has 0 aliphatic rings. The van der Waals surface area contributed by atoms with E-state index < -0.39 is 6.09 Å². The second-order valence-corrected chi connectivity index (χ2v) is 6.09. The van der Waals surface area contributed by atoms with Crippen molar-refractivity contribution < 1.29 is 9.53 Å². The fraction of sp³-hybridized carbons (Fsp3) is 0.263. The second-order valence-electron chi connectivity index (χ2n) is 5.69. The molecule has 1 N–H and O–H groups in total. The van der Waals surface area contributed by atoms with Gasteiger partial charge in [0.25, 0.3) is 0 Å². The smallest absolute Gasteiger partial charge is 0.407 e. The average molecular weight is 373 g/mol. The molecule has 6 nitrogen and oxygen atoms in total. The average Bonchev–Trinajstić information content (AvgIpc) is 2.64. The molecular formula is C19H21ClN4O2. The number of hydrogen-bond acceptors (Lipinski definition) is 5. The quantitative estimate of drug-likeness (QED) is 0.633. The lowest BCUT2D eigenvalue weighted by molar-refractivity contribution is 0.170. The summed E-state index contributed by atoms with van der Waals surface area (Å²) in [7, 11) is 1.31. The molecule has 0 spiro atoms. The van der Waals surface area contributed by atoms with E-state index in [1.807, 2.05) is 51.1 Å². The van der Waals surface area contributed by atoms with Crippen LogP contribution in [-0.2, 0) is 11.3 Å². The van der Waals surface area contributed by atoms with E-state index in [0.29, 0.717) is 5.02 Å². The normalized spacial score (nSPS) is 12.0. The van der Waals surface area contributed by atoms with Gasteiger partial charge in [-0.1, -0.05) is 23.7 Å². The number of ether oxygens (including phenoxy) is 1. The summed E-state index contributed by atoms with van der Waals surface area (Å²) in [5.74, 6) is 0. The number of aromatic nitrogens is 1. The number of halogens is 1. The van der Waals surface area contributed by atoms with E-state index >= 15 is 0 Å². The van der Waals surface area contributed by atoms with Crippen molar-refractivity contribution in [2.45, 2.75) is 27.3 Å². The number of carbonyl (C=O) groups is 1. The Morgan fingerprint density at radius 1 is 1.19 bits per heavy atom. The SMILES string of the molecule is COC(=O)NCc1cc(/C(C)=N/N=C(\C)c2cccc(C)n2)ccc1Cl. The van der Waals surface area contributed by atoms with Crippen molar-refractivity contribution in [3.05, 3.63) is 63.9 Å². The minimum atomic E-state index is -0.511. The summed E-state index contributed by atoms with van der Waals surface area (Å²) < 4.78 is 4.56. The van der Waals surface area contributed by atoms with Gasteiger partial charge >= 0.3 is 6.09 Å². The standard InChI is InChI=1S/C19H21ClN4O2/c1-12-6-5-7-18(22-12)14(3)24-23-13(2)15-8-9-17(20)16(10-15)11-21-19(25)26-4/h5-10H,11H2,1-4H3,(H,21,25)/b23-13+,24-14+. The summed E-state index contributed by atoms with van der Waals surface area (Å²) in [6.07, 6.45) is -0.511. The molecule has 0 aliphatic heterocycles.